The molecule has 3 atom stereocenters. The van der Waals surface area contributed by atoms with Gasteiger partial charge in [0.15, 0.2) is 0 Å². The van der Waals surface area contributed by atoms with E-state index in [1.807, 2.05) is 0 Å². The van der Waals surface area contributed by atoms with Gasteiger partial charge in [-0.25, -0.2) is 0 Å². The van der Waals surface area contributed by atoms with Gasteiger partial charge in [0, 0.05) is 38.3 Å². The van der Waals surface area contributed by atoms with Crippen molar-refractivity contribution in [1.29, 1.82) is 0 Å². The summed E-state index contributed by atoms with van der Waals surface area (Å²) < 4.78 is 0. The Morgan fingerprint density at radius 2 is 1.95 bits per heavy atom. The van der Waals surface area contributed by atoms with E-state index in [4.69, 9.17) is 0 Å². The van der Waals surface area contributed by atoms with E-state index in [-0.39, 0.29) is 0 Å². The maximum atomic E-state index is 3.88. The molecule has 0 spiro atoms. The number of hydrogen-bond donors (Lipinski definition) is 1. The smallest absolute Gasteiger partial charge is 0.0345 e. The van der Waals surface area contributed by atoms with Crippen LogP contribution in [0, 0.1) is 11.8 Å². The number of nitrogens with zero attached hydrogens (tertiary/aromatic N) is 2. The molecule has 0 aromatic carbocycles. The minimum absolute atomic E-state index is 0.694. The molecule has 1 saturated carbocycles. The van der Waals surface area contributed by atoms with Crippen molar-refractivity contribution in [3.05, 3.63) is 0 Å². The van der Waals surface area contributed by atoms with Crippen LogP contribution in [0.4, 0.5) is 0 Å². The fraction of sp³-hybridized carbons (Fsp3) is 1.00. The molecule has 1 N–H and O–H groups in total. The van der Waals surface area contributed by atoms with Crippen molar-refractivity contribution < 1.29 is 0 Å². The van der Waals surface area contributed by atoms with Crippen LogP contribution in [-0.2, 0) is 0 Å². The maximum Gasteiger partial charge on any atom is 0.0345 e. The summed E-state index contributed by atoms with van der Waals surface area (Å²) in [6.45, 7) is 9.54. The maximum absolute atomic E-state index is 3.88. The zero-order valence-corrected chi connectivity index (χ0v) is 14.1. The average molecular weight is 281 g/mol. The van der Waals surface area contributed by atoms with E-state index in [1.54, 1.807) is 0 Å². The lowest BCUT2D eigenvalue weighted by molar-refractivity contribution is 0.108. The van der Waals surface area contributed by atoms with Crippen molar-refractivity contribution in [2.24, 2.45) is 11.8 Å². The molecule has 1 saturated heterocycles. The third-order valence-corrected chi connectivity index (χ3v) is 5.21. The minimum atomic E-state index is 0.694. The molecule has 0 bridgehead atoms. The van der Waals surface area contributed by atoms with Crippen LogP contribution >= 0.6 is 0 Å². The van der Waals surface area contributed by atoms with Gasteiger partial charge in [0.2, 0.25) is 0 Å². The van der Waals surface area contributed by atoms with E-state index in [2.05, 4.69) is 43.1 Å². The number of nitrogens with one attached hydrogen (secondary N) is 1. The van der Waals surface area contributed by atoms with Gasteiger partial charge in [-0.1, -0.05) is 26.7 Å². The summed E-state index contributed by atoms with van der Waals surface area (Å²) in [5.74, 6) is 1.82. The van der Waals surface area contributed by atoms with E-state index in [0.717, 1.165) is 17.9 Å². The zero-order chi connectivity index (χ0) is 14.5. The summed E-state index contributed by atoms with van der Waals surface area (Å²) in [5, 5.41) is 3.88. The first kappa shape index (κ1) is 16.3. The van der Waals surface area contributed by atoms with Crippen molar-refractivity contribution in [2.45, 2.75) is 58.0 Å². The molecule has 2 rings (SSSR count). The Bertz CT molecular complexity index is 279. The Labute approximate surface area is 126 Å². The van der Waals surface area contributed by atoms with Crippen LogP contribution in [0.5, 0.6) is 0 Å². The molecule has 2 aliphatic rings. The van der Waals surface area contributed by atoms with Gasteiger partial charge >= 0.3 is 0 Å². The predicted octanol–water partition coefficient (Wildman–Crippen LogP) is 2.43. The topological polar surface area (TPSA) is 18.5 Å². The van der Waals surface area contributed by atoms with E-state index in [0.29, 0.717) is 6.04 Å². The van der Waals surface area contributed by atoms with Gasteiger partial charge in [-0.2, -0.15) is 0 Å². The van der Waals surface area contributed by atoms with E-state index in [1.165, 1.54) is 58.3 Å². The largest absolute Gasteiger partial charge is 0.312 e. The van der Waals surface area contributed by atoms with Gasteiger partial charge in [-0.15, -0.1) is 0 Å². The number of hydrogen-bond acceptors (Lipinski definition) is 3. The predicted molar refractivity (Wildman–Crippen MR) is 87.1 cm³/mol. The molecule has 3 nitrogen and oxygen atoms in total. The second-order valence-electron chi connectivity index (χ2n) is 7.66. The molecule has 1 heterocycles. The molecule has 3 unspecified atom stereocenters. The average Bonchev–Trinajstić information content (AvgIpc) is 2.39. The Morgan fingerprint density at radius 1 is 1.15 bits per heavy atom. The Hall–Kier alpha value is -0.120. The SMILES string of the molecule is CC(C)CC1CCCC(NCC2CN(C)CCN2C)C1. The highest BCUT2D eigenvalue weighted by Crippen LogP contribution is 2.29. The Kier molecular flexibility index (Phi) is 6.31. The summed E-state index contributed by atoms with van der Waals surface area (Å²) in [7, 11) is 4.53. The zero-order valence-electron chi connectivity index (χ0n) is 14.1. The van der Waals surface area contributed by atoms with Crippen LogP contribution in [0.3, 0.4) is 0 Å². The summed E-state index contributed by atoms with van der Waals surface area (Å²) in [6.07, 6.45) is 7.10. The van der Waals surface area contributed by atoms with Crippen LogP contribution in [0.15, 0.2) is 0 Å². The second-order valence-corrected chi connectivity index (χ2v) is 7.66. The van der Waals surface area contributed by atoms with Crippen molar-refractivity contribution in [3.63, 3.8) is 0 Å². The van der Waals surface area contributed by atoms with Gasteiger partial charge in [-0.05, 0) is 45.2 Å². The molecule has 0 aromatic heterocycles. The van der Waals surface area contributed by atoms with Crippen molar-refractivity contribution in [1.82, 2.24) is 15.1 Å². The molecule has 20 heavy (non-hydrogen) atoms. The lowest BCUT2D eigenvalue weighted by Crippen LogP contribution is -2.55. The fourth-order valence-corrected chi connectivity index (χ4v) is 3.98. The van der Waals surface area contributed by atoms with Crippen molar-refractivity contribution >= 4 is 0 Å². The van der Waals surface area contributed by atoms with Crippen LogP contribution in [0.2, 0.25) is 0 Å². The molecule has 1 aliphatic carbocycles. The lowest BCUT2D eigenvalue weighted by Gasteiger charge is -2.39. The molecular weight excluding hydrogens is 246 g/mol. The summed E-state index contributed by atoms with van der Waals surface area (Å²) >= 11 is 0. The first-order valence-electron chi connectivity index (χ1n) is 8.66. The van der Waals surface area contributed by atoms with E-state index in [9.17, 15) is 0 Å². The third kappa shape index (κ3) is 5.01. The highest BCUT2D eigenvalue weighted by molar-refractivity contribution is 4.84. The molecule has 0 amide bonds. The standard InChI is InChI=1S/C17H35N3/c1-14(2)10-15-6-5-7-16(11-15)18-12-17-13-19(3)8-9-20(17)4/h14-18H,5-13H2,1-4H3. The van der Waals surface area contributed by atoms with Gasteiger partial charge < -0.3 is 10.2 Å². The quantitative estimate of drug-likeness (QED) is 0.835. The second kappa shape index (κ2) is 7.77. The fourth-order valence-electron chi connectivity index (χ4n) is 3.98. The van der Waals surface area contributed by atoms with Gasteiger partial charge in [0.05, 0.1) is 0 Å². The van der Waals surface area contributed by atoms with Crippen LogP contribution in [0.25, 0.3) is 0 Å². The summed E-state index contributed by atoms with van der Waals surface area (Å²) in [5.41, 5.74) is 0. The third-order valence-electron chi connectivity index (χ3n) is 5.21. The van der Waals surface area contributed by atoms with Crippen molar-refractivity contribution in [2.75, 3.05) is 40.3 Å². The van der Waals surface area contributed by atoms with E-state index >= 15 is 0 Å². The molecule has 2 fully saturated rings. The molecule has 3 heteroatoms. The van der Waals surface area contributed by atoms with Crippen molar-refractivity contribution in [3.8, 4) is 0 Å². The van der Waals surface area contributed by atoms with Gasteiger partial charge in [0.1, 0.15) is 0 Å². The molecule has 0 aromatic rings. The van der Waals surface area contributed by atoms with Gasteiger partial charge in [0.25, 0.3) is 0 Å². The molecular formula is C17H35N3. The van der Waals surface area contributed by atoms with E-state index < -0.39 is 0 Å². The number of likely N-dealkylation sites (N-methyl/N-ethyl adjacent to an activating group) is 2. The van der Waals surface area contributed by atoms with Crippen LogP contribution in [0.1, 0.15) is 46.0 Å². The normalized spacial score (nSPS) is 33.8. The summed E-state index contributed by atoms with van der Waals surface area (Å²) in [4.78, 5) is 5.00. The first-order valence-corrected chi connectivity index (χ1v) is 8.66. The molecule has 0 radical (unpaired) electrons. The lowest BCUT2D eigenvalue weighted by atomic mass is 9.81. The molecule has 118 valence electrons. The van der Waals surface area contributed by atoms with Gasteiger partial charge in [-0.3, -0.25) is 4.90 Å². The van der Waals surface area contributed by atoms with Crippen LogP contribution < -0.4 is 5.32 Å². The van der Waals surface area contributed by atoms with Crippen LogP contribution in [-0.4, -0.2) is 62.2 Å². The number of rotatable bonds is 5. The minimum Gasteiger partial charge on any atom is -0.312 e. The summed E-state index contributed by atoms with van der Waals surface area (Å²) in [6, 6.07) is 1.47. The monoisotopic (exact) mass is 281 g/mol. The number of piperazine rings is 1. The molecule has 1 aliphatic heterocycles. The Morgan fingerprint density at radius 3 is 2.70 bits per heavy atom. The first-order chi connectivity index (χ1) is 9.54. The highest BCUT2D eigenvalue weighted by Gasteiger charge is 2.25. The Balaban J connectivity index is 1.72. The highest BCUT2D eigenvalue weighted by atomic mass is 15.3.